The SMILES string of the molecule is Cc1ccc(-n2cncc2C2CCCN2)cc1C. The van der Waals surface area contributed by atoms with Gasteiger partial charge < -0.3 is 9.88 Å². The van der Waals surface area contributed by atoms with E-state index in [1.54, 1.807) is 0 Å². The highest BCUT2D eigenvalue weighted by atomic mass is 15.1. The predicted molar refractivity (Wildman–Crippen MR) is 73.0 cm³/mol. The van der Waals surface area contributed by atoms with Crippen molar-refractivity contribution in [2.45, 2.75) is 32.7 Å². The highest BCUT2D eigenvalue weighted by Gasteiger charge is 2.20. The van der Waals surface area contributed by atoms with Gasteiger partial charge in [-0.1, -0.05) is 6.07 Å². The first-order valence-electron chi connectivity index (χ1n) is 6.59. The maximum atomic E-state index is 4.32. The zero-order chi connectivity index (χ0) is 12.5. The quantitative estimate of drug-likeness (QED) is 0.876. The summed E-state index contributed by atoms with van der Waals surface area (Å²) in [7, 11) is 0. The molecule has 0 bridgehead atoms. The number of rotatable bonds is 2. The summed E-state index contributed by atoms with van der Waals surface area (Å²) >= 11 is 0. The Morgan fingerprint density at radius 2 is 2.17 bits per heavy atom. The summed E-state index contributed by atoms with van der Waals surface area (Å²) in [5.74, 6) is 0. The lowest BCUT2D eigenvalue weighted by molar-refractivity contribution is 0.615. The second kappa shape index (κ2) is 4.58. The van der Waals surface area contributed by atoms with Gasteiger partial charge in [-0.25, -0.2) is 4.98 Å². The summed E-state index contributed by atoms with van der Waals surface area (Å²) in [4.78, 5) is 4.32. The molecule has 1 saturated heterocycles. The normalized spacial score (nSPS) is 19.3. The third kappa shape index (κ3) is 1.95. The fraction of sp³-hybridized carbons (Fsp3) is 0.400. The fourth-order valence-electron chi connectivity index (χ4n) is 2.59. The monoisotopic (exact) mass is 241 g/mol. The van der Waals surface area contributed by atoms with Crippen molar-refractivity contribution >= 4 is 0 Å². The summed E-state index contributed by atoms with van der Waals surface area (Å²) in [6.07, 6.45) is 6.36. The lowest BCUT2D eigenvalue weighted by Crippen LogP contribution is -2.16. The molecule has 94 valence electrons. The van der Waals surface area contributed by atoms with E-state index in [-0.39, 0.29) is 0 Å². The number of aryl methyl sites for hydroxylation is 2. The highest BCUT2D eigenvalue weighted by molar-refractivity contribution is 5.41. The average Bonchev–Trinajstić information content (AvgIpc) is 3.00. The molecule has 1 aromatic heterocycles. The largest absolute Gasteiger partial charge is 0.309 e. The number of benzene rings is 1. The molecule has 0 spiro atoms. The van der Waals surface area contributed by atoms with Crippen LogP contribution in [0.4, 0.5) is 0 Å². The minimum atomic E-state index is 0.453. The molecule has 2 aromatic rings. The topological polar surface area (TPSA) is 29.9 Å². The third-order valence-electron chi connectivity index (χ3n) is 3.85. The van der Waals surface area contributed by atoms with E-state index in [1.807, 2.05) is 12.5 Å². The first kappa shape index (κ1) is 11.5. The van der Waals surface area contributed by atoms with Crippen molar-refractivity contribution in [2.24, 2.45) is 0 Å². The third-order valence-corrected chi connectivity index (χ3v) is 3.85. The van der Waals surface area contributed by atoms with Crippen molar-refractivity contribution in [1.29, 1.82) is 0 Å². The van der Waals surface area contributed by atoms with Crippen LogP contribution in [0.5, 0.6) is 0 Å². The Morgan fingerprint density at radius 1 is 1.28 bits per heavy atom. The highest BCUT2D eigenvalue weighted by Crippen LogP contribution is 2.25. The number of hydrogen-bond acceptors (Lipinski definition) is 2. The lowest BCUT2D eigenvalue weighted by atomic mass is 10.1. The molecular weight excluding hydrogens is 222 g/mol. The maximum Gasteiger partial charge on any atom is 0.0994 e. The van der Waals surface area contributed by atoms with E-state index in [0.717, 1.165) is 6.54 Å². The zero-order valence-corrected chi connectivity index (χ0v) is 11.0. The molecule has 1 aliphatic rings. The second-order valence-corrected chi connectivity index (χ2v) is 5.11. The summed E-state index contributed by atoms with van der Waals surface area (Å²) < 4.78 is 2.20. The molecule has 2 heterocycles. The first-order chi connectivity index (χ1) is 8.75. The summed E-state index contributed by atoms with van der Waals surface area (Å²) in [6, 6.07) is 7.03. The van der Waals surface area contributed by atoms with Gasteiger partial charge in [0.25, 0.3) is 0 Å². The van der Waals surface area contributed by atoms with Gasteiger partial charge in [-0.2, -0.15) is 0 Å². The van der Waals surface area contributed by atoms with Crippen LogP contribution in [-0.4, -0.2) is 16.1 Å². The summed E-state index contributed by atoms with van der Waals surface area (Å²) in [5, 5.41) is 3.53. The van der Waals surface area contributed by atoms with Crippen LogP contribution in [0.25, 0.3) is 5.69 Å². The van der Waals surface area contributed by atoms with E-state index in [4.69, 9.17) is 0 Å². The molecule has 1 N–H and O–H groups in total. The smallest absolute Gasteiger partial charge is 0.0994 e. The summed E-state index contributed by atoms with van der Waals surface area (Å²) in [6.45, 7) is 5.42. The van der Waals surface area contributed by atoms with Crippen molar-refractivity contribution < 1.29 is 0 Å². The van der Waals surface area contributed by atoms with Crippen LogP contribution in [0.2, 0.25) is 0 Å². The van der Waals surface area contributed by atoms with E-state index in [1.165, 1.54) is 35.3 Å². The standard InChI is InChI=1S/C15H19N3/c1-11-5-6-13(8-12(11)2)18-10-16-9-15(18)14-4-3-7-17-14/h5-6,8-10,14,17H,3-4,7H2,1-2H3. The van der Waals surface area contributed by atoms with Gasteiger partial charge in [0.15, 0.2) is 0 Å². The predicted octanol–water partition coefficient (Wildman–Crippen LogP) is 2.91. The number of hydrogen-bond donors (Lipinski definition) is 1. The average molecular weight is 241 g/mol. The minimum Gasteiger partial charge on any atom is -0.309 e. The Kier molecular flexibility index (Phi) is 2.92. The van der Waals surface area contributed by atoms with E-state index < -0.39 is 0 Å². The Hall–Kier alpha value is -1.61. The lowest BCUT2D eigenvalue weighted by Gasteiger charge is -2.14. The second-order valence-electron chi connectivity index (χ2n) is 5.11. The molecule has 0 radical (unpaired) electrons. The molecule has 3 rings (SSSR count). The van der Waals surface area contributed by atoms with E-state index >= 15 is 0 Å². The molecule has 3 nitrogen and oxygen atoms in total. The van der Waals surface area contributed by atoms with Gasteiger partial charge >= 0.3 is 0 Å². The van der Waals surface area contributed by atoms with Crippen LogP contribution in [-0.2, 0) is 0 Å². The van der Waals surface area contributed by atoms with Gasteiger partial charge in [0.2, 0.25) is 0 Å². The van der Waals surface area contributed by atoms with Gasteiger partial charge in [0, 0.05) is 11.7 Å². The molecule has 0 saturated carbocycles. The van der Waals surface area contributed by atoms with Crippen molar-refractivity contribution in [3.05, 3.63) is 47.5 Å². The van der Waals surface area contributed by atoms with Crippen molar-refractivity contribution in [3.63, 3.8) is 0 Å². The first-order valence-corrected chi connectivity index (χ1v) is 6.59. The van der Waals surface area contributed by atoms with Crippen LogP contribution in [0.3, 0.4) is 0 Å². The molecule has 1 aliphatic heterocycles. The Labute approximate surface area is 108 Å². The van der Waals surface area contributed by atoms with Gasteiger partial charge in [-0.15, -0.1) is 0 Å². The van der Waals surface area contributed by atoms with Gasteiger partial charge in [-0.3, -0.25) is 0 Å². The fourth-order valence-corrected chi connectivity index (χ4v) is 2.59. The van der Waals surface area contributed by atoms with Gasteiger partial charge in [-0.05, 0) is 56.5 Å². The number of imidazole rings is 1. The van der Waals surface area contributed by atoms with E-state index in [9.17, 15) is 0 Å². The number of nitrogens with one attached hydrogen (secondary N) is 1. The summed E-state index contributed by atoms with van der Waals surface area (Å²) in [5.41, 5.74) is 5.14. The van der Waals surface area contributed by atoms with Crippen molar-refractivity contribution in [3.8, 4) is 5.69 Å². The van der Waals surface area contributed by atoms with Crippen LogP contribution in [0, 0.1) is 13.8 Å². The van der Waals surface area contributed by atoms with Gasteiger partial charge in [0.1, 0.15) is 0 Å². The van der Waals surface area contributed by atoms with Crippen LogP contribution >= 0.6 is 0 Å². The van der Waals surface area contributed by atoms with Crippen LogP contribution < -0.4 is 5.32 Å². The molecule has 1 aromatic carbocycles. The van der Waals surface area contributed by atoms with Crippen molar-refractivity contribution in [1.82, 2.24) is 14.9 Å². The molecule has 3 heteroatoms. The van der Waals surface area contributed by atoms with Crippen LogP contribution in [0.15, 0.2) is 30.7 Å². The number of nitrogens with zero attached hydrogens (tertiary/aromatic N) is 2. The minimum absolute atomic E-state index is 0.453. The maximum absolute atomic E-state index is 4.32. The molecule has 1 atom stereocenters. The number of aromatic nitrogens is 2. The van der Waals surface area contributed by atoms with E-state index in [2.05, 4.69) is 46.9 Å². The zero-order valence-electron chi connectivity index (χ0n) is 11.0. The molecule has 18 heavy (non-hydrogen) atoms. The molecule has 0 amide bonds. The van der Waals surface area contributed by atoms with E-state index in [0.29, 0.717) is 6.04 Å². The Bertz CT molecular complexity index is 551. The molecular formula is C15H19N3. The Balaban J connectivity index is 2.00. The molecule has 0 aliphatic carbocycles. The van der Waals surface area contributed by atoms with Gasteiger partial charge in [0.05, 0.1) is 18.2 Å². The van der Waals surface area contributed by atoms with Crippen molar-refractivity contribution in [2.75, 3.05) is 6.54 Å². The van der Waals surface area contributed by atoms with Crippen LogP contribution in [0.1, 0.15) is 35.7 Å². The Morgan fingerprint density at radius 3 is 2.89 bits per heavy atom. The molecule has 1 unspecified atom stereocenters. The molecule has 1 fully saturated rings.